The minimum absolute atomic E-state index is 0.145. The molecule has 3 rings (SSSR count). The first kappa shape index (κ1) is 16.2. The molecule has 0 radical (unpaired) electrons. The van der Waals surface area contributed by atoms with Crippen molar-refractivity contribution in [2.45, 2.75) is 0 Å². The molecule has 7 heteroatoms. The van der Waals surface area contributed by atoms with Crippen LogP contribution in [0.2, 0.25) is 5.02 Å². The van der Waals surface area contributed by atoms with Gasteiger partial charge in [-0.25, -0.2) is 9.37 Å². The number of amides is 1. The average molecular weight is 399 g/mol. The van der Waals surface area contributed by atoms with Crippen LogP contribution in [0.1, 0.15) is 10.4 Å². The zero-order chi connectivity index (χ0) is 16.4. The van der Waals surface area contributed by atoms with Crippen LogP contribution in [0.15, 0.2) is 41.0 Å². The number of hydrogen-bond donors (Lipinski definition) is 0. The first-order valence-electron chi connectivity index (χ1n) is 7.15. The van der Waals surface area contributed by atoms with Gasteiger partial charge in [0.15, 0.2) is 0 Å². The molecule has 1 saturated heterocycles. The average Bonchev–Trinajstić information content (AvgIpc) is 2.55. The van der Waals surface area contributed by atoms with Crippen molar-refractivity contribution in [3.8, 4) is 0 Å². The van der Waals surface area contributed by atoms with E-state index in [1.165, 1.54) is 12.1 Å². The summed E-state index contributed by atoms with van der Waals surface area (Å²) in [6.45, 7) is 2.53. The van der Waals surface area contributed by atoms with Gasteiger partial charge in [0, 0.05) is 36.8 Å². The Morgan fingerprint density at radius 1 is 1.17 bits per heavy atom. The maximum Gasteiger partial charge on any atom is 0.255 e. The lowest BCUT2D eigenvalue weighted by atomic mass is 10.1. The van der Waals surface area contributed by atoms with Crippen molar-refractivity contribution in [1.82, 2.24) is 9.88 Å². The molecule has 2 heterocycles. The number of nitrogens with zero attached hydrogens (tertiary/aromatic N) is 3. The topological polar surface area (TPSA) is 36.4 Å². The Hall–Kier alpha value is -1.66. The molecule has 0 unspecified atom stereocenters. The monoisotopic (exact) mass is 397 g/mol. The Morgan fingerprint density at radius 2 is 1.91 bits per heavy atom. The Balaban J connectivity index is 1.66. The summed E-state index contributed by atoms with van der Waals surface area (Å²) in [6.07, 6.45) is 1.76. The SMILES string of the molecule is O=C(c1ccc(F)cc1Cl)N1CCN(c2ccc(Br)cn2)CC1. The van der Waals surface area contributed by atoms with Crippen LogP contribution in [0.4, 0.5) is 10.2 Å². The second-order valence-electron chi connectivity index (χ2n) is 5.24. The van der Waals surface area contributed by atoms with E-state index < -0.39 is 5.82 Å². The molecular weight excluding hydrogens is 385 g/mol. The third kappa shape index (κ3) is 3.64. The lowest BCUT2D eigenvalue weighted by Crippen LogP contribution is -2.49. The fourth-order valence-electron chi connectivity index (χ4n) is 2.53. The van der Waals surface area contributed by atoms with Crippen molar-refractivity contribution in [2.24, 2.45) is 0 Å². The number of pyridine rings is 1. The molecule has 0 spiro atoms. The largest absolute Gasteiger partial charge is 0.353 e. The minimum Gasteiger partial charge on any atom is -0.353 e. The number of carbonyl (C=O) groups is 1. The number of halogens is 3. The van der Waals surface area contributed by atoms with Crippen molar-refractivity contribution in [3.63, 3.8) is 0 Å². The smallest absolute Gasteiger partial charge is 0.255 e. The van der Waals surface area contributed by atoms with Crippen LogP contribution >= 0.6 is 27.5 Å². The first-order chi connectivity index (χ1) is 11.0. The summed E-state index contributed by atoms with van der Waals surface area (Å²) < 4.78 is 14.0. The fraction of sp³-hybridized carbons (Fsp3) is 0.250. The molecule has 1 aliphatic heterocycles. The second kappa shape index (κ2) is 6.84. The van der Waals surface area contributed by atoms with E-state index in [-0.39, 0.29) is 10.9 Å². The zero-order valence-electron chi connectivity index (χ0n) is 12.2. The summed E-state index contributed by atoms with van der Waals surface area (Å²) in [4.78, 5) is 20.7. The van der Waals surface area contributed by atoms with E-state index >= 15 is 0 Å². The molecular formula is C16H14BrClFN3O. The Morgan fingerprint density at radius 3 is 2.52 bits per heavy atom. The summed E-state index contributed by atoms with van der Waals surface area (Å²) in [7, 11) is 0. The Labute approximate surface area is 147 Å². The van der Waals surface area contributed by atoms with Gasteiger partial charge in [-0.15, -0.1) is 0 Å². The highest BCUT2D eigenvalue weighted by atomic mass is 79.9. The van der Waals surface area contributed by atoms with E-state index in [0.29, 0.717) is 31.7 Å². The van der Waals surface area contributed by atoms with E-state index in [2.05, 4.69) is 25.8 Å². The fourth-order valence-corrected chi connectivity index (χ4v) is 3.01. The summed E-state index contributed by atoms with van der Waals surface area (Å²) >= 11 is 9.33. The predicted molar refractivity (Wildman–Crippen MR) is 91.5 cm³/mol. The number of hydrogen-bond acceptors (Lipinski definition) is 3. The summed E-state index contributed by atoms with van der Waals surface area (Å²) in [5.74, 6) is 0.274. The number of benzene rings is 1. The molecule has 1 amide bonds. The zero-order valence-corrected chi connectivity index (χ0v) is 14.5. The minimum atomic E-state index is -0.447. The van der Waals surface area contributed by atoms with Crippen LogP contribution in [0, 0.1) is 5.82 Å². The lowest BCUT2D eigenvalue weighted by molar-refractivity contribution is 0.0746. The predicted octanol–water partition coefficient (Wildman–Crippen LogP) is 3.60. The van der Waals surface area contributed by atoms with Crippen LogP contribution in [-0.4, -0.2) is 42.0 Å². The molecule has 0 atom stereocenters. The molecule has 120 valence electrons. The normalized spacial score (nSPS) is 14.9. The molecule has 0 aliphatic carbocycles. The van der Waals surface area contributed by atoms with Gasteiger partial charge in [-0.2, -0.15) is 0 Å². The lowest BCUT2D eigenvalue weighted by Gasteiger charge is -2.35. The standard InChI is InChI=1S/C16H14BrClFN3O/c17-11-1-4-15(20-10-11)21-5-7-22(8-6-21)16(23)13-3-2-12(19)9-14(13)18/h1-4,9-10H,5-8H2. The van der Waals surface area contributed by atoms with E-state index in [4.69, 9.17) is 11.6 Å². The number of aromatic nitrogens is 1. The van der Waals surface area contributed by atoms with Gasteiger partial charge < -0.3 is 9.80 Å². The number of rotatable bonds is 2. The van der Waals surface area contributed by atoms with Crippen molar-refractivity contribution >= 4 is 39.3 Å². The van der Waals surface area contributed by atoms with Crippen LogP contribution < -0.4 is 4.90 Å². The number of anilines is 1. The molecule has 0 N–H and O–H groups in total. The highest BCUT2D eigenvalue weighted by Crippen LogP contribution is 2.21. The van der Waals surface area contributed by atoms with Gasteiger partial charge in [-0.1, -0.05) is 11.6 Å². The van der Waals surface area contributed by atoms with Crippen LogP contribution in [-0.2, 0) is 0 Å². The van der Waals surface area contributed by atoms with E-state index in [1.54, 1.807) is 11.1 Å². The number of carbonyl (C=O) groups excluding carboxylic acids is 1. The van der Waals surface area contributed by atoms with Crippen molar-refractivity contribution in [3.05, 3.63) is 57.4 Å². The number of piperazine rings is 1. The highest BCUT2D eigenvalue weighted by Gasteiger charge is 2.24. The molecule has 1 fully saturated rings. The second-order valence-corrected chi connectivity index (χ2v) is 6.56. The van der Waals surface area contributed by atoms with Gasteiger partial charge in [-0.3, -0.25) is 4.79 Å². The summed E-state index contributed by atoms with van der Waals surface area (Å²) in [6, 6.07) is 7.73. The molecule has 1 aromatic carbocycles. The van der Waals surface area contributed by atoms with E-state index in [9.17, 15) is 9.18 Å². The summed E-state index contributed by atoms with van der Waals surface area (Å²) in [5, 5.41) is 0.145. The van der Waals surface area contributed by atoms with Gasteiger partial charge in [0.05, 0.1) is 10.6 Å². The van der Waals surface area contributed by atoms with E-state index in [1.807, 2.05) is 12.1 Å². The van der Waals surface area contributed by atoms with Gasteiger partial charge in [0.1, 0.15) is 11.6 Å². The quantitative estimate of drug-likeness (QED) is 0.775. The summed E-state index contributed by atoms with van der Waals surface area (Å²) in [5.41, 5.74) is 0.336. The maximum absolute atomic E-state index is 13.1. The molecule has 0 saturated carbocycles. The third-order valence-electron chi connectivity index (χ3n) is 3.76. The highest BCUT2D eigenvalue weighted by molar-refractivity contribution is 9.10. The molecule has 0 bridgehead atoms. The first-order valence-corrected chi connectivity index (χ1v) is 8.32. The van der Waals surface area contributed by atoms with E-state index in [0.717, 1.165) is 16.4 Å². The van der Waals surface area contributed by atoms with Gasteiger partial charge >= 0.3 is 0 Å². The molecule has 2 aromatic rings. The van der Waals surface area contributed by atoms with Crippen molar-refractivity contribution in [2.75, 3.05) is 31.1 Å². The van der Waals surface area contributed by atoms with Crippen LogP contribution in [0.3, 0.4) is 0 Å². The Bertz CT molecular complexity index is 718. The van der Waals surface area contributed by atoms with Crippen LogP contribution in [0.5, 0.6) is 0 Å². The molecule has 1 aliphatic rings. The maximum atomic E-state index is 13.1. The van der Waals surface area contributed by atoms with Gasteiger partial charge in [0.25, 0.3) is 5.91 Å². The van der Waals surface area contributed by atoms with Crippen LogP contribution in [0.25, 0.3) is 0 Å². The Kier molecular flexibility index (Phi) is 4.82. The third-order valence-corrected chi connectivity index (χ3v) is 4.55. The van der Waals surface area contributed by atoms with Gasteiger partial charge in [0.2, 0.25) is 0 Å². The van der Waals surface area contributed by atoms with Gasteiger partial charge in [-0.05, 0) is 46.3 Å². The molecule has 1 aromatic heterocycles. The molecule has 4 nitrogen and oxygen atoms in total. The molecule has 23 heavy (non-hydrogen) atoms. The van der Waals surface area contributed by atoms with Crippen molar-refractivity contribution in [1.29, 1.82) is 0 Å². The van der Waals surface area contributed by atoms with Crippen molar-refractivity contribution < 1.29 is 9.18 Å².